The Kier molecular flexibility index (Phi) is 8.12. The molecule has 4 aliphatic carbocycles. The summed E-state index contributed by atoms with van der Waals surface area (Å²) >= 11 is 0. The van der Waals surface area contributed by atoms with Crippen molar-refractivity contribution < 1.29 is 55.0 Å². The number of rotatable bonds is 8. The van der Waals surface area contributed by atoms with Crippen LogP contribution < -0.4 is 19.3 Å². The van der Waals surface area contributed by atoms with Gasteiger partial charge in [-0.15, -0.1) is 0 Å². The fourth-order valence-electron chi connectivity index (χ4n) is 10.4. The minimum atomic E-state index is -5.83. The summed E-state index contributed by atoms with van der Waals surface area (Å²) in [5.41, 5.74) is -5.94. The van der Waals surface area contributed by atoms with E-state index in [-0.39, 0.29) is 94.0 Å². The number of nitrogens with zero attached hydrogens (tertiary/aromatic N) is 2. The summed E-state index contributed by atoms with van der Waals surface area (Å²) in [6.07, 6.45) is -2.16. The maximum Gasteiger partial charge on any atom is 0.411 e. The van der Waals surface area contributed by atoms with Gasteiger partial charge in [0, 0.05) is 0 Å². The molecule has 2 aliphatic heterocycles. The summed E-state index contributed by atoms with van der Waals surface area (Å²) in [6, 6.07) is 18.7. The lowest BCUT2D eigenvalue weighted by Gasteiger charge is -2.38. The molecule has 8 nitrogen and oxygen atoms in total. The van der Waals surface area contributed by atoms with E-state index in [2.05, 4.69) is 0 Å². The van der Waals surface area contributed by atoms with E-state index in [0.717, 1.165) is 46.9 Å². The molecule has 0 radical (unpaired) electrons. The van der Waals surface area contributed by atoms with Gasteiger partial charge in [-0.3, -0.25) is 29.0 Å². The summed E-state index contributed by atoms with van der Waals surface area (Å²) < 4.78 is 101. The maximum absolute atomic E-state index is 14.9. The first kappa shape index (κ1) is 37.1. The van der Waals surface area contributed by atoms with Gasteiger partial charge in [-0.1, -0.05) is 48.6 Å². The van der Waals surface area contributed by atoms with Crippen molar-refractivity contribution >= 4 is 35.0 Å². The van der Waals surface area contributed by atoms with Gasteiger partial charge in [-0.05, 0) is 120 Å². The summed E-state index contributed by atoms with van der Waals surface area (Å²) in [5.74, 6) is -2.25. The number of alkyl halides is 6. The minimum Gasteiger partial charge on any atom is -0.457 e. The molecule has 14 heteroatoms. The number of allylic oxidation sites excluding steroid dienone is 4. The second-order valence-corrected chi connectivity index (χ2v) is 16.0. The Labute approximate surface area is 332 Å². The lowest BCUT2D eigenvalue weighted by atomic mass is 9.73. The molecule has 4 amide bonds. The van der Waals surface area contributed by atoms with Crippen LogP contribution in [0.5, 0.6) is 23.0 Å². The molecule has 0 unspecified atom stereocenters. The van der Waals surface area contributed by atoms with Crippen molar-refractivity contribution in [3.8, 4) is 23.0 Å². The lowest BCUT2D eigenvalue weighted by Crippen LogP contribution is -2.54. The molecule has 4 fully saturated rings. The predicted molar refractivity (Wildman–Crippen MR) is 199 cm³/mol. The van der Waals surface area contributed by atoms with Gasteiger partial charge in [-0.2, -0.15) is 26.3 Å². The second-order valence-electron chi connectivity index (χ2n) is 16.0. The fourth-order valence-corrected chi connectivity index (χ4v) is 10.4. The summed E-state index contributed by atoms with van der Waals surface area (Å²) in [5, 5.41) is 0. The van der Waals surface area contributed by atoms with Crippen molar-refractivity contribution in [2.75, 3.05) is 9.80 Å². The van der Waals surface area contributed by atoms with Gasteiger partial charge in [0.15, 0.2) is 0 Å². The summed E-state index contributed by atoms with van der Waals surface area (Å²) in [6.45, 7) is 0. The fraction of sp³-hybridized carbons (Fsp3) is 0.289. The van der Waals surface area contributed by atoms with Gasteiger partial charge in [0.1, 0.15) is 23.0 Å². The van der Waals surface area contributed by atoms with E-state index in [1.165, 1.54) is 48.5 Å². The monoisotopic (exact) mass is 810 g/mol. The third kappa shape index (κ3) is 5.44. The average Bonchev–Trinajstić information content (AvgIpc) is 4.06. The minimum absolute atomic E-state index is 0.0339. The van der Waals surface area contributed by atoms with Gasteiger partial charge in [0.05, 0.1) is 35.0 Å². The molecule has 2 heterocycles. The van der Waals surface area contributed by atoms with E-state index in [4.69, 9.17) is 9.47 Å². The number of hydrogen-bond acceptors (Lipinski definition) is 6. The molecule has 2 saturated heterocycles. The number of benzene rings is 4. The van der Waals surface area contributed by atoms with E-state index < -0.39 is 28.9 Å². The number of halogens is 6. The van der Waals surface area contributed by atoms with Gasteiger partial charge >= 0.3 is 12.4 Å². The smallest absolute Gasteiger partial charge is 0.411 e. The SMILES string of the molecule is O=C1[C@@H]2[C@@H](C(=O)N1c1ccc(Oc3ccc(C(c4ccc(Oc5ccc(N6C(=O)[C@@H]7[C@H](C6=O)[C@H]6C=C[C@H]7C6)cc5)cc4)(C(F)(F)F)C(F)(F)F)cc3)cc1)[C@H]1C=C[C@H]2C1. The molecule has 4 aromatic rings. The van der Waals surface area contributed by atoms with Crippen molar-refractivity contribution in [2.45, 2.75) is 30.6 Å². The van der Waals surface area contributed by atoms with E-state index in [1.54, 1.807) is 0 Å². The van der Waals surface area contributed by atoms with Crippen LogP contribution in [0.15, 0.2) is 121 Å². The molecule has 0 N–H and O–H groups in total. The van der Waals surface area contributed by atoms with Crippen molar-refractivity contribution in [2.24, 2.45) is 47.3 Å². The molecule has 2 saturated carbocycles. The van der Waals surface area contributed by atoms with Crippen molar-refractivity contribution in [1.29, 1.82) is 0 Å². The molecule has 8 atom stereocenters. The molecule has 4 bridgehead atoms. The largest absolute Gasteiger partial charge is 0.457 e. The third-order valence-corrected chi connectivity index (χ3v) is 13.0. The number of fused-ring (bicyclic) bond motifs is 10. The molecule has 4 aromatic carbocycles. The van der Waals surface area contributed by atoms with Crippen molar-refractivity contribution in [3.05, 3.63) is 132 Å². The Bertz CT molecular complexity index is 2230. The van der Waals surface area contributed by atoms with E-state index in [0.29, 0.717) is 35.6 Å². The Balaban J connectivity index is 0.850. The first-order valence-corrected chi connectivity index (χ1v) is 19.2. The number of anilines is 2. The van der Waals surface area contributed by atoms with Crippen LogP contribution in [0, 0.1) is 47.3 Å². The van der Waals surface area contributed by atoms with Crippen LogP contribution in [0.2, 0.25) is 0 Å². The summed E-state index contributed by atoms with van der Waals surface area (Å²) in [7, 11) is 0. The number of imide groups is 2. The Hall–Kier alpha value is -6.18. The van der Waals surface area contributed by atoms with Crippen LogP contribution in [-0.4, -0.2) is 36.0 Å². The van der Waals surface area contributed by atoms with E-state index in [9.17, 15) is 45.5 Å². The molecule has 6 aliphatic rings. The predicted octanol–water partition coefficient (Wildman–Crippen LogP) is 9.30. The molecular weight excluding hydrogens is 778 g/mol. The Morgan fingerprint density at radius 3 is 0.915 bits per heavy atom. The standard InChI is InChI=1S/C45H32F6N2O6/c46-44(47,48)43(45(49,50)51,27-5-13-31(14-6-27)58-33-17-9-29(10-18-33)52-39(54)35-23-1-2-24(21-23)36(35)40(52)55)28-7-15-32(16-8-28)59-34-19-11-30(12-20-34)53-41(56)37-25-3-4-26(22-25)38(37)42(53)57/h1-20,23-26,35-38H,21-22H2/t23-,24-,25-,26-,35-,36-,37-,38+/m0/s1. The van der Waals surface area contributed by atoms with Crippen LogP contribution in [-0.2, 0) is 24.6 Å². The molecule has 0 aromatic heterocycles. The molecule has 59 heavy (non-hydrogen) atoms. The van der Waals surface area contributed by atoms with Crippen LogP contribution in [0.3, 0.4) is 0 Å². The maximum atomic E-state index is 14.9. The molecule has 10 rings (SSSR count). The quantitative estimate of drug-likeness (QED) is 0.100. The van der Waals surface area contributed by atoms with E-state index >= 15 is 0 Å². The second kappa shape index (κ2) is 12.9. The highest BCUT2D eigenvalue weighted by Crippen LogP contribution is 2.57. The number of ether oxygens (including phenoxy) is 2. The highest BCUT2D eigenvalue weighted by atomic mass is 19.4. The zero-order valence-electron chi connectivity index (χ0n) is 30.7. The van der Waals surface area contributed by atoms with Gasteiger partial charge in [0.25, 0.3) is 0 Å². The number of carbonyl (C=O) groups is 4. The van der Waals surface area contributed by atoms with Crippen LogP contribution in [0.4, 0.5) is 37.7 Å². The summed E-state index contributed by atoms with van der Waals surface area (Å²) in [4.78, 5) is 55.0. The average molecular weight is 811 g/mol. The number of amides is 4. The van der Waals surface area contributed by atoms with Crippen LogP contribution in [0.25, 0.3) is 0 Å². The van der Waals surface area contributed by atoms with Crippen LogP contribution >= 0.6 is 0 Å². The highest BCUT2D eigenvalue weighted by molar-refractivity contribution is 6.23. The Morgan fingerprint density at radius 2 is 0.661 bits per heavy atom. The van der Waals surface area contributed by atoms with Gasteiger partial charge in [0.2, 0.25) is 29.0 Å². The molecular formula is C45H32F6N2O6. The van der Waals surface area contributed by atoms with Gasteiger partial charge in [-0.25, -0.2) is 0 Å². The molecule has 300 valence electrons. The Morgan fingerprint density at radius 1 is 0.407 bits per heavy atom. The van der Waals surface area contributed by atoms with Crippen molar-refractivity contribution in [1.82, 2.24) is 0 Å². The number of hydrogen-bond donors (Lipinski definition) is 0. The molecule has 0 spiro atoms. The lowest BCUT2D eigenvalue weighted by molar-refractivity contribution is -0.288. The zero-order valence-corrected chi connectivity index (χ0v) is 30.7. The topological polar surface area (TPSA) is 93.2 Å². The zero-order chi connectivity index (χ0) is 41.2. The normalized spacial score (nSPS) is 28.0. The van der Waals surface area contributed by atoms with Crippen LogP contribution in [0.1, 0.15) is 24.0 Å². The first-order valence-electron chi connectivity index (χ1n) is 19.2. The van der Waals surface area contributed by atoms with Gasteiger partial charge < -0.3 is 9.47 Å². The number of carbonyl (C=O) groups excluding carboxylic acids is 4. The first-order chi connectivity index (χ1) is 28.2. The van der Waals surface area contributed by atoms with E-state index in [1.807, 2.05) is 24.3 Å². The van der Waals surface area contributed by atoms with Crippen molar-refractivity contribution in [3.63, 3.8) is 0 Å². The third-order valence-electron chi connectivity index (χ3n) is 13.0. The highest BCUT2D eigenvalue weighted by Gasteiger charge is 2.72.